The third-order valence-corrected chi connectivity index (χ3v) is 2.05. The fourth-order valence-corrected chi connectivity index (χ4v) is 1.35. The Morgan fingerprint density at radius 2 is 2.08 bits per heavy atom. The van der Waals surface area contributed by atoms with Gasteiger partial charge in [-0.25, -0.2) is 0 Å². The lowest BCUT2D eigenvalue weighted by Crippen LogP contribution is -2.39. The number of rotatable bonds is 3. The Morgan fingerprint density at radius 3 is 2.50 bits per heavy atom. The molecule has 0 saturated carbocycles. The van der Waals surface area contributed by atoms with Crippen LogP contribution in [0, 0.1) is 0 Å². The monoisotopic (exact) mass is 175 g/mol. The summed E-state index contributed by atoms with van der Waals surface area (Å²) in [7, 11) is 2.20. The maximum absolute atomic E-state index is 9.36. The van der Waals surface area contributed by atoms with Crippen LogP contribution < -0.4 is 5.23 Å². The molecule has 1 aliphatic heterocycles. The lowest BCUT2D eigenvalue weighted by molar-refractivity contribution is -0.00914. The van der Waals surface area contributed by atoms with Crippen molar-refractivity contribution in [3.63, 3.8) is 0 Å². The van der Waals surface area contributed by atoms with E-state index in [4.69, 9.17) is 9.84 Å². The fraction of sp³-hybridized carbons (Fsp3) is 1.00. The smallest absolute Gasteiger partial charge is 0.237 e. The van der Waals surface area contributed by atoms with E-state index < -0.39 is 24.3 Å². The highest BCUT2D eigenvalue weighted by molar-refractivity contribution is 6.34. The minimum Gasteiger partial charge on any atom is -0.394 e. The fourth-order valence-electron chi connectivity index (χ4n) is 1.35. The average Bonchev–Trinajstić information content (AvgIpc) is 2.33. The van der Waals surface area contributed by atoms with Gasteiger partial charge in [-0.2, -0.15) is 0 Å². The van der Waals surface area contributed by atoms with E-state index >= 15 is 0 Å². The molecule has 1 heterocycles. The predicted molar refractivity (Wildman–Crippen MR) is 44.0 cm³/mol. The topological polar surface area (TPSA) is 82.0 Å². The molecule has 1 saturated heterocycles. The molecule has 12 heavy (non-hydrogen) atoms. The number of hydrogen-bond acceptors (Lipinski definition) is 5. The molecule has 0 aromatic rings. The highest BCUT2D eigenvalue weighted by atomic mass is 16.5. The first kappa shape index (κ1) is 9.95. The molecule has 0 bridgehead atoms. The number of nitrogens with one attached hydrogen (secondary N) is 1. The van der Waals surface area contributed by atoms with Gasteiger partial charge in [-0.1, -0.05) is 0 Å². The van der Waals surface area contributed by atoms with Gasteiger partial charge in [0.2, 0.25) is 7.41 Å². The summed E-state index contributed by atoms with van der Waals surface area (Å²) in [5.74, 6) is 0. The zero-order valence-corrected chi connectivity index (χ0v) is 6.97. The van der Waals surface area contributed by atoms with Crippen LogP contribution >= 0.6 is 0 Å². The van der Waals surface area contributed by atoms with Crippen molar-refractivity contribution in [2.24, 2.45) is 0 Å². The van der Waals surface area contributed by atoms with E-state index in [2.05, 4.69) is 5.23 Å². The largest absolute Gasteiger partial charge is 0.394 e. The molecular weight excluding hydrogens is 161 g/mol. The summed E-state index contributed by atoms with van der Waals surface area (Å²) in [5, 5.41) is 30.2. The van der Waals surface area contributed by atoms with Crippen LogP contribution in [-0.4, -0.2) is 60.7 Å². The minimum absolute atomic E-state index is 0.265. The molecule has 0 aromatic carbocycles. The van der Waals surface area contributed by atoms with Crippen LogP contribution in [0.15, 0.2) is 0 Å². The maximum Gasteiger partial charge on any atom is 0.237 e. The van der Waals surface area contributed by atoms with Crippen molar-refractivity contribution < 1.29 is 20.1 Å². The van der Waals surface area contributed by atoms with Crippen molar-refractivity contribution in [2.45, 2.75) is 24.3 Å². The number of hydrogen-bond donors (Lipinski definition) is 4. The predicted octanol–water partition coefficient (Wildman–Crippen LogP) is -3.00. The molecule has 1 rings (SSSR count). The third kappa shape index (κ3) is 1.78. The van der Waals surface area contributed by atoms with E-state index in [9.17, 15) is 10.2 Å². The first-order valence-corrected chi connectivity index (χ1v) is 3.97. The second kappa shape index (κ2) is 4.20. The summed E-state index contributed by atoms with van der Waals surface area (Å²) < 4.78 is 5.16. The molecule has 6 heteroatoms. The Hall–Kier alpha value is -0.135. The third-order valence-electron chi connectivity index (χ3n) is 2.05. The van der Waals surface area contributed by atoms with Gasteiger partial charge < -0.3 is 25.3 Å². The Bertz CT molecular complexity index is 148. The van der Waals surface area contributed by atoms with E-state index in [0.717, 1.165) is 0 Å². The van der Waals surface area contributed by atoms with Gasteiger partial charge in [0.15, 0.2) is 0 Å². The van der Waals surface area contributed by atoms with Crippen molar-refractivity contribution >= 4 is 7.41 Å². The van der Waals surface area contributed by atoms with E-state index in [1.54, 1.807) is 7.05 Å². The van der Waals surface area contributed by atoms with Crippen LogP contribution in [0.5, 0.6) is 0 Å². The van der Waals surface area contributed by atoms with Crippen molar-refractivity contribution in [3.05, 3.63) is 0 Å². The lowest BCUT2D eigenvalue weighted by atomic mass is 9.81. The average molecular weight is 175 g/mol. The number of ether oxygens (including phenoxy) is 1. The zero-order valence-electron chi connectivity index (χ0n) is 6.97. The SMILES string of the molecule is CNB[C@@H]1O[C@H](CO)C(O)[C@@H]1O. The van der Waals surface area contributed by atoms with Gasteiger partial charge >= 0.3 is 0 Å². The summed E-state index contributed by atoms with van der Waals surface area (Å²) in [5.41, 5.74) is 0. The van der Waals surface area contributed by atoms with E-state index in [0.29, 0.717) is 7.41 Å². The molecule has 1 aliphatic rings. The highest BCUT2D eigenvalue weighted by Crippen LogP contribution is 2.19. The molecule has 0 aromatic heterocycles. The molecule has 5 nitrogen and oxygen atoms in total. The summed E-state index contributed by atoms with van der Waals surface area (Å²) in [6.45, 7) is -0.265. The molecule has 0 radical (unpaired) electrons. The summed E-state index contributed by atoms with van der Waals surface area (Å²) >= 11 is 0. The number of aliphatic hydroxyl groups is 3. The van der Waals surface area contributed by atoms with Crippen molar-refractivity contribution in [2.75, 3.05) is 13.7 Å². The minimum atomic E-state index is -0.978. The Morgan fingerprint density at radius 1 is 1.42 bits per heavy atom. The van der Waals surface area contributed by atoms with Crippen LogP contribution in [0.1, 0.15) is 0 Å². The van der Waals surface area contributed by atoms with Crippen molar-refractivity contribution in [1.82, 2.24) is 5.23 Å². The Balaban J connectivity index is 2.48. The molecule has 1 unspecified atom stereocenters. The second-order valence-corrected chi connectivity index (χ2v) is 2.93. The highest BCUT2D eigenvalue weighted by Gasteiger charge is 2.41. The van der Waals surface area contributed by atoms with E-state index in [1.807, 2.05) is 0 Å². The van der Waals surface area contributed by atoms with Gasteiger partial charge in [-0.15, -0.1) is 0 Å². The second-order valence-electron chi connectivity index (χ2n) is 2.93. The molecule has 1 fully saturated rings. The van der Waals surface area contributed by atoms with Gasteiger partial charge in [-0.3, -0.25) is 0 Å². The first-order valence-electron chi connectivity index (χ1n) is 3.97. The van der Waals surface area contributed by atoms with Gasteiger partial charge in [0.05, 0.1) is 12.6 Å². The summed E-state index contributed by atoms with van der Waals surface area (Å²) in [6, 6.07) is -0.429. The van der Waals surface area contributed by atoms with Gasteiger partial charge in [0.1, 0.15) is 18.3 Å². The first-order chi connectivity index (χ1) is 5.70. The molecular formula is C6H14BNO4. The Labute approximate surface area is 71.6 Å². The normalized spacial score (nSPS) is 41.7. The summed E-state index contributed by atoms with van der Waals surface area (Å²) in [6.07, 6.45) is -2.54. The van der Waals surface area contributed by atoms with Crippen molar-refractivity contribution in [1.29, 1.82) is 0 Å². The van der Waals surface area contributed by atoms with Crippen LogP contribution in [0.4, 0.5) is 0 Å². The standard InChI is InChI=1S/C6H14BNO4/c1-8-7-6-5(11)4(10)3(2-9)12-6/h3-11H,2H2,1H3/t3-,4?,5+,6-/m1/s1. The van der Waals surface area contributed by atoms with E-state index in [1.165, 1.54) is 0 Å². The molecule has 0 amide bonds. The molecule has 70 valence electrons. The van der Waals surface area contributed by atoms with Crippen molar-refractivity contribution in [3.8, 4) is 0 Å². The van der Waals surface area contributed by atoms with Gasteiger partial charge in [0.25, 0.3) is 0 Å². The molecule has 4 N–H and O–H groups in total. The van der Waals surface area contributed by atoms with Crippen LogP contribution in [0.3, 0.4) is 0 Å². The molecule has 0 aliphatic carbocycles. The summed E-state index contributed by atoms with van der Waals surface area (Å²) in [4.78, 5) is 0. The quantitative estimate of drug-likeness (QED) is 0.343. The Kier molecular flexibility index (Phi) is 3.48. The van der Waals surface area contributed by atoms with Crippen LogP contribution in [0.2, 0.25) is 0 Å². The zero-order chi connectivity index (χ0) is 9.14. The maximum atomic E-state index is 9.36. The molecule has 4 atom stereocenters. The van der Waals surface area contributed by atoms with Crippen LogP contribution in [0.25, 0.3) is 0 Å². The van der Waals surface area contributed by atoms with Gasteiger partial charge in [0, 0.05) is 0 Å². The van der Waals surface area contributed by atoms with Crippen LogP contribution in [-0.2, 0) is 4.74 Å². The lowest BCUT2D eigenvalue weighted by Gasteiger charge is -2.11. The molecule has 0 spiro atoms. The van der Waals surface area contributed by atoms with Gasteiger partial charge in [-0.05, 0) is 7.05 Å². The van der Waals surface area contributed by atoms with E-state index in [-0.39, 0.29) is 6.61 Å². The number of aliphatic hydroxyl groups excluding tert-OH is 3.